The predicted octanol–water partition coefficient (Wildman–Crippen LogP) is 14.4. The van der Waals surface area contributed by atoms with Crippen molar-refractivity contribution in [1.82, 2.24) is 9.97 Å². The summed E-state index contributed by atoms with van der Waals surface area (Å²) in [6, 6.07) is 80.9. The van der Waals surface area contributed by atoms with Crippen LogP contribution in [0.25, 0.3) is 66.7 Å². The van der Waals surface area contributed by atoms with Gasteiger partial charge in [-0.25, -0.2) is 9.97 Å². The van der Waals surface area contributed by atoms with Crippen LogP contribution in [0.15, 0.2) is 224 Å². The molecule has 1 aromatic heterocycles. The Kier molecular flexibility index (Phi) is 7.76. The molecule has 0 amide bonds. The molecule has 0 bridgehead atoms. The van der Waals surface area contributed by atoms with E-state index >= 15 is 0 Å². The van der Waals surface area contributed by atoms with Gasteiger partial charge in [-0.05, 0) is 85.5 Å². The van der Waals surface area contributed by atoms with Crippen LogP contribution in [0, 0.1) is 0 Å². The zero-order valence-corrected chi connectivity index (χ0v) is 32.7. The van der Waals surface area contributed by atoms with E-state index in [1.165, 1.54) is 61.2 Å². The molecule has 0 radical (unpaired) electrons. The second-order valence-corrected chi connectivity index (χ2v) is 15.7. The molecule has 60 heavy (non-hydrogen) atoms. The van der Waals surface area contributed by atoms with Gasteiger partial charge in [-0.1, -0.05) is 200 Å². The molecule has 9 aromatic carbocycles. The molecule has 0 atom stereocenters. The molecule has 1 heterocycles. The van der Waals surface area contributed by atoms with Gasteiger partial charge in [0.05, 0.1) is 22.3 Å². The maximum absolute atomic E-state index is 5.60. The van der Waals surface area contributed by atoms with Gasteiger partial charge in [-0.3, -0.25) is 4.90 Å². The average Bonchev–Trinajstić information content (AvgIpc) is 3.80. The lowest BCUT2D eigenvalue weighted by molar-refractivity contribution is 0.792. The smallest absolute Gasteiger partial charge is 0.235 e. The fraction of sp³-hybridized carbons (Fsp3) is 0.0175. The van der Waals surface area contributed by atoms with Crippen molar-refractivity contribution in [1.29, 1.82) is 0 Å². The van der Waals surface area contributed by atoms with E-state index in [0.29, 0.717) is 5.95 Å². The Labute approximate surface area is 349 Å². The lowest BCUT2D eigenvalue weighted by atomic mass is 9.70. The number of anilines is 3. The number of nitrogens with zero attached hydrogens (tertiary/aromatic N) is 3. The van der Waals surface area contributed by atoms with Gasteiger partial charge in [0.1, 0.15) is 0 Å². The normalized spacial score (nSPS) is 12.8. The van der Waals surface area contributed by atoms with Gasteiger partial charge in [0.15, 0.2) is 0 Å². The van der Waals surface area contributed by atoms with Crippen molar-refractivity contribution in [3.05, 3.63) is 247 Å². The number of hydrogen-bond acceptors (Lipinski definition) is 3. The van der Waals surface area contributed by atoms with Gasteiger partial charge in [-0.15, -0.1) is 0 Å². The van der Waals surface area contributed by atoms with E-state index in [0.717, 1.165) is 39.1 Å². The Bertz CT molecular complexity index is 3180. The van der Waals surface area contributed by atoms with Crippen LogP contribution >= 0.6 is 0 Å². The number of hydrogen-bond donors (Lipinski definition) is 0. The van der Waals surface area contributed by atoms with Gasteiger partial charge in [0.2, 0.25) is 5.95 Å². The number of fused-ring (bicyclic) bond motifs is 11. The third-order valence-corrected chi connectivity index (χ3v) is 12.5. The maximum Gasteiger partial charge on any atom is 0.235 e. The molecular formula is C57H37N3. The minimum Gasteiger partial charge on any atom is -0.279 e. The largest absolute Gasteiger partial charge is 0.279 e. The van der Waals surface area contributed by atoms with Crippen molar-refractivity contribution in [2.24, 2.45) is 0 Å². The molecular weight excluding hydrogens is 727 g/mol. The summed E-state index contributed by atoms with van der Waals surface area (Å²) in [4.78, 5) is 13.4. The first-order valence-electron chi connectivity index (χ1n) is 20.6. The second kappa shape index (κ2) is 13.6. The highest BCUT2D eigenvalue weighted by Gasteiger charge is 2.53. The highest BCUT2D eigenvalue weighted by molar-refractivity contribution is 6.00. The Hall–Kier alpha value is -7.88. The first-order valence-corrected chi connectivity index (χ1v) is 20.6. The SMILES string of the molecule is c1ccc(-c2ccc(-c3nc(N(c4ccc(-c5ccccc5)cc4)c4cccc5c4C4(c6ccccc6-c6ccccc64)c4ccccc4-5)nc4ccccc34)cc2)cc1. The fourth-order valence-corrected chi connectivity index (χ4v) is 9.95. The van der Waals surface area contributed by atoms with E-state index in [4.69, 9.17) is 9.97 Å². The van der Waals surface area contributed by atoms with E-state index in [9.17, 15) is 0 Å². The van der Waals surface area contributed by atoms with Crippen molar-refractivity contribution in [2.45, 2.75) is 5.41 Å². The molecule has 1 spiro atoms. The van der Waals surface area contributed by atoms with Gasteiger partial charge < -0.3 is 0 Å². The minimum atomic E-state index is -0.565. The summed E-state index contributed by atoms with van der Waals surface area (Å²) in [5, 5.41) is 1.01. The summed E-state index contributed by atoms with van der Waals surface area (Å²) in [5.74, 6) is 0.613. The Balaban J connectivity index is 1.14. The quantitative estimate of drug-likeness (QED) is 0.169. The van der Waals surface area contributed by atoms with E-state index in [-0.39, 0.29) is 0 Å². The van der Waals surface area contributed by atoms with Crippen LogP contribution in [-0.4, -0.2) is 9.97 Å². The van der Waals surface area contributed by atoms with Gasteiger partial charge in [-0.2, -0.15) is 0 Å². The Morgan fingerprint density at radius 2 is 0.783 bits per heavy atom. The van der Waals surface area contributed by atoms with E-state index < -0.39 is 5.41 Å². The Morgan fingerprint density at radius 1 is 0.333 bits per heavy atom. The van der Waals surface area contributed by atoms with Crippen LogP contribution in [0.5, 0.6) is 0 Å². The van der Waals surface area contributed by atoms with Crippen LogP contribution in [-0.2, 0) is 5.41 Å². The Morgan fingerprint density at radius 3 is 1.38 bits per heavy atom. The molecule has 0 N–H and O–H groups in total. The molecule has 2 aliphatic carbocycles. The lowest BCUT2D eigenvalue weighted by Gasteiger charge is -2.35. The highest BCUT2D eigenvalue weighted by atomic mass is 15.3. The summed E-state index contributed by atoms with van der Waals surface area (Å²) in [5.41, 5.74) is 19.1. The third kappa shape index (κ3) is 5.09. The number of benzene rings is 9. The van der Waals surface area contributed by atoms with E-state index in [1.54, 1.807) is 0 Å². The zero-order chi connectivity index (χ0) is 39.6. The lowest BCUT2D eigenvalue weighted by Crippen LogP contribution is -2.28. The second-order valence-electron chi connectivity index (χ2n) is 15.7. The molecule has 0 fully saturated rings. The molecule has 3 nitrogen and oxygen atoms in total. The summed E-state index contributed by atoms with van der Waals surface area (Å²) >= 11 is 0. The van der Waals surface area contributed by atoms with Gasteiger partial charge >= 0.3 is 0 Å². The molecule has 0 saturated carbocycles. The van der Waals surface area contributed by atoms with E-state index in [2.05, 4.69) is 229 Å². The molecule has 0 unspecified atom stereocenters. The molecule has 10 aromatic rings. The average molecular weight is 764 g/mol. The monoisotopic (exact) mass is 763 g/mol. The summed E-state index contributed by atoms with van der Waals surface area (Å²) < 4.78 is 0. The summed E-state index contributed by atoms with van der Waals surface area (Å²) in [7, 11) is 0. The molecule has 280 valence electrons. The van der Waals surface area contributed by atoms with Crippen LogP contribution in [0.1, 0.15) is 22.3 Å². The maximum atomic E-state index is 5.60. The van der Waals surface area contributed by atoms with Crippen LogP contribution in [0.4, 0.5) is 17.3 Å². The van der Waals surface area contributed by atoms with Crippen LogP contribution < -0.4 is 4.90 Å². The van der Waals surface area contributed by atoms with Crippen LogP contribution in [0.2, 0.25) is 0 Å². The number of rotatable bonds is 6. The first kappa shape index (κ1) is 34.2. The molecule has 3 heteroatoms. The predicted molar refractivity (Wildman–Crippen MR) is 247 cm³/mol. The summed E-state index contributed by atoms with van der Waals surface area (Å²) in [6.07, 6.45) is 0. The number of aromatic nitrogens is 2. The highest BCUT2D eigenvalue weighted by Crippen LogP contribution is 2.65. The molecule has 12 rings (SSSR count). The van der Waals surface area contributed by atoms with Crippen molar-refractivity contribution in [3.8, 4) is 55.8 Å². The topological polar surface area (TPSA) is 29.0 Å². The number of para-hydroxylation sites is 1. The van der Waals surface area contributed by atoms with Crippen LogP contribution in [0.3, 0.4) is 0 Å². The molecule has 0 saturated heterocycles. The molecule has 0 aliphatic heterocycles. The zero-order valence-electron chi connectivity index (χ0n) is 32.7. The summed E-state index contributed by atoms with van der Waals surface area (Å²) in [6.45, 7) is 0. The minimum absolute atomic E-state index is 0.565. The third-order valence-electron chi connectivity index (χ3n) is 12.5. The van der Waals surface area contributed by atoms with Gasteiger partial charge in [0.25, 0.3) is 0 Å². The first-order chi connectivity index (χ1) is 29.8. The standard InChI is InChI=1S/C57H37N3/c1-3-16-38(17-4-1)40-30-32-42(33-31-40)55-48-23-10-14-28-52(48)58-56(59-55)60(43-36-34-41(35-37-43)39-18-5-2-6-19-39)53-29-15-24-47-46-22-9-13-27-51(46)57(54(47)53)49-25-11-7-20-44(49)45-21-8-12-26-50(45)57/h1-37H. The van der Waals surface area contributed by atoms with Crippen molar-refractivity contribution < 1.29 is 0 Å². The fourth-order valence-electron chi connectivity index (χ4n) is 9.95. The van der Waals surface area contributed by atoms with E-state index in [1.807, 2.05) is 0 Å². The van der Waals surface area contributed by atoms with Crippen molar-refractivity contribution >= 4 is 28.2 Å². The van der Waals surface area contributed by atoms with Crippen molar-refractivity contribution in [3.63, 3.8) is 0 Å². The molecule has 2 aliphatic rings. The van der Waals surface area contributed by atoms with Gasteiger partial charge in [0, 0.05) is 22.2 Å². The van der Waals surface area contributed by atoms with Crippen molar-refractivity contribution in [2.75, 3.05) is 4.90 Å².